The quantitative estimate of drug-likeness (QED) is 0.670. The van der Waals surface area contributed by atoms with Crippen molar-refractivity contribution in [3.63, 3.8) is 0 Å². The van der Waals surface area contributed by atoms with Gasteiger partial charge in [0, 0.05) is 12.4 Å². The van der Waals surface area contributed by atoms with Crippen molar-refractivity contribution in [2.24, 2.45) is 0 Å². The number of hydrogen-bond donors (Lipinski definition) is 0. The van der Waals surface area contributed by atoms with Crippen LogP contribution < -0.4 is 10.2 Å². The zero-order valence-electron chi connectivity index (χ0n) is 8.34. The van der Waals surface area contributed by atoms with E-state index < -0.39 is 0 Å². The highest BCUT2D eigenvalue weighted by Gasteiger charge is 2.07. The van der Waals surface area contributed by atoms with Crippen molar-refractivity contribution in [3.8, 4) is 17.1 Å². The molecule has 0 aliphatic rings. The molecule has 0 aromatic carbocycles. The van der Waals surface area contributed by atoms with E-state index in [1.54, 1.807) is 25.6 Å². The molecule has 0 spiro atoms. The lowest BCUT2D eigenvalue weighted by Gasteiger charge is -2.07. The van der Waals surface area contributed by atoms with Crippen molar-refractivity contribution in [2.45, 2.75) is 0 Å². The molecule has 3 nitrogen and oxygen atoms in total. The summed E-state index contributed by atoms with van der Waals surface area (Å²) >= 11 is 0. The van der Waals surface area contributed by atoms with Crippen molar-refractivity contribution in [2.75, 3.05) is 7.11 Å². The maximum atomic E-state index is 5.67. The second kappa shape index (κ2) is 4.13. The zero-order chi connectivity index (χ0) is 10.7. The Morgan fingerprint density at radius 1 is 1.27 bits per heavy atom. The minimum Gasteiger partial charge on any atom is -0.481 e. The number of hydrogen-bond acceptors (Lipinski definition) is 3. The fraction of sp³-hybridized carbons (Fsp3) is 0.0909. The normalized spacial score (nSPS) is 9.93. The summed E-state index contributed by atoms with van der Waals surface area (Å²) in [6.45, 7) is 0. The van der Waals surface area contributed by atoms with Crippen molar-refractivity contribution < 1.29 is 4.74 Å². The van der Waals surface area contributed by atoms with E-state index in [0.29, 0.717) is 11.3 Å². The molecule has 2 aromatic rings. The van der Waals surface area contributed by atoms with Crippen LogP contribution in [0.1, 0.15) is 0 Å². The van der Waals surface area contributed by atoms with Gasteiger partial charge in [-0.05, 0) is 12.1 Å². The molecule has 2 heterocycles. The first kappa shape index (κ1) is 9.71. The second-order valence-electron chi connectivity index (χ2n) is 3.04. The van der Waals surface area contributed by atoms with Crippen molar-refractivity contribution >= 4 is 13.3 Å². The predicted octanol–water partition coefficient (Wildman–Crippen LogP) is 0.946. The molecule has 0 atom stereocenters. The maximum Gasteiger partial charge on any atom is 0.222 e. The fourth-order valence-electron chi connectivity index (χ4n) is 1.34. The SMILES string of the molecule is [B]c1cnc(OC)c(-c2ccccn2)c1. The van der Waals surface area contributed by atoms with Crippen molar-refractivity contribution in [1.29, 1.82) is 0 Å². The van der Waals surface area contributed by atoms with Gasteiger partial charge in [-0.1, -0.05) is 17.6 Å². The summed E-state index contributed by atoms with van der Waals surface area (Å²) in [5.74, 6) is 0.530. The smallest absolute Gasteiger partial charge is 0.222 e. The van der Waals surface area contributed by atoms with E-state index in [0.717, 1.165) is 11.3 Å². The van der Waals surface area contributed by atoms with Gasteiger partial charge in [0.15, 0.2) is 0 Å². The summed E-state index contributed by atoms with van der Waals surface area (Å²) in [6.07, 6.45) is 3.28. The van der Waals surface area contributed by atoms with Crippen molar-refractivity contribution in [1.82, 2.24) is 9.97 Å². The molecule has 2 aromatic heterocycles. The van der Waals surface area contributed by atoms with E-state index in [1.165, 1.54) is 0 Å². The lowest BCUT2D eigenvalue weighted by Crippen LogP contribution is -2.05. The average molecular weight is 196 g/mol. The Bertz CT molecular complexity index is 459. The van der Waals surface area contributed by atoms with Crippen LogP contribution in [0.3, 0.4) is 0 Å². The highest BCUT2D eigenvalue weighted by atomic mass is 16.5. The molecule has 4 heteroatoms. The number of pyridine rings is 2. The molecule has 0 saturated carbocycles. The second-order valence-corrected chi connectivity index (χ2v) is 3.04. The van der Waals surface area contributed by atoms with Crippen molar-refractivity contribution in [3.05, 3.63) is 36.7 Å². The number of rotatable bonds is 2. The largest absolute Gasteiger partial charge is 0.481 e. The summed E-state index contributed by atoms with van der Waals surface area (Å²) in [5.41, 5.74) is 2.20. The molecule has 0 aliphatic carbocycles. The summed E-state index contributed by atoms with van der Waals surface area (Å²) in [5, 5.41) is 0. The standard InChI is InChI=1S/C11H9BN2O/c1-15-11-9(6-8(12)7-14-11)10-4-2-3-5-13-10/h2-7H,1H3. The van der Waals surface area contributed by atoms with Gasteiger partial charge >= 0.3 is 0 Å². The highest BCUT2D eigenvalue weighted by Crippen LogP contribution is 2.24. The van der Waals surface area contributed by atoms with Crippen LogP contribution in [0.2, 0.25) is 0 Å². The Balaban J connectivity index is 2.56. The van der Waals surface area contributed by atoms with Gasteiger partial charge in [0.1, 0.15) is 7.85 Å². The molecule has 0 amide bonds. The summed E-state index contributed by atoms with van der Waals surface area (Å²) in [7, 11) is 7.25. The Kier molecular flexibility index (Phi) is 2.67. The monoisotopic (exact) mass is 196 g/mol. The molecule has 0 fully saturated rings. The van der Waals surface area contributed by atoms with Gasteiger partial charge in [0.25, 0.3) is 0 Å². The average Bonchev–Trinajstić information content (AvgIpc) is 2.30. The molecule has 72 valence electrons. The molecule has 0 N–H and O–H groups in total. The van der Waals surface area contributed by atoms with Crippen LogP contribution >= 0.6 is 0 Å². The van der Waals surface area contributed by atoms with Gasteiger partial charge in [-0.25, -0.2) is 4.98 Å². The zero-order valence-corrected chi connectivity index (χ0v) is 8.34. The molecule has 0 aliphatic heterocycles. The third-order valence-corrected chi connectivity index (χ3v) is 2.01. The first-order chi connectivity index (χ1) is 7.31. The fourth-order valence-corrected chi connectivity index (χ4v) is 1.34. The molecular weight excluding hydrogens is 187 g/mol. The Hall–Kier alpha value is -1.84. The van der Waals surface area contributed by atoms with E-state index >= 15 is 0 Å². The molecular formula is C11H9BN2O. The lowest BCUT2D eigenvalue weighted by molar-refractivity contribution is 0.400. The maximum absolute atomic E-state index is 5.67. The van der Waals surface area contributed by atoms with Gasteiger partial charge in [0.05, 0.1) is 18.4 Å². The Morgan fingerprint density at radius 3 is 2.80 bits per heavy atom. The lowest BCUT2D eigenvalue weighted by atomic mass is 9.96. The van der Waals surface area contributed by atoms with Gasteiger partial charge in [-0.3, -0.25) is 4.98 Å². The number of aromatic nitrogens is 2. The van der Waals surface area contributed by atoms with Crippen LogP contribution in [0.4, 0.5) is 0 Å². The molecule has 2 rings (SSSR count). The van der Waals surface area contributed by atoms with Gasteiger partial charge < -0.3 is 4.74 Å². The number of nitrogens with zero attached hydrogens (tertiary/aromatic N) is 2. The predicted molar refractivity (Wildman–Crippen MR) is 59.4 cm³/mol. The topological polar surface area (TPSA) is 35.0 Å². The van der Waals surface area contributed by atoms with Gasteiger partial charge in [-0.15, -0.1) is 0 Å². The molecule has 2 radical (unpaired) electrons. The molecule has 0 unspecified atom stereocenters. The van der Waals surface area contributed by atoms with Gasteiger partial charge in [-0.2, -0.15) is 0 Å². The van der Waals surface area contributed by atoms with Crippen LogP contribution in [-0.2, 0) is 0 Å². The van der Waals surface area contributed by atoms with Crippen LogP contribution in [-0.4, -0.2) is 24.9 Å². The highest BCUT2D eigenvalue weighted by molar-refractivity contribution is 6.32. The van der Waals surface area contributed by atoms with E-state index in [2.05, 4.69) is 9.97 Å². The van der Waals surface area contributed by atoms with E-state index in [1.807, 2.05) is 18.2 Å². The minimum atomic E-state index is 0.530. The van der Waals surface area contributed by atoms with E-state index in [4.69, 9.17) is 12.6 Å². The van der Waals surface area contributed by atoms with E-state index in [-0.39, 0.29) is 0 Å². The number of methoxy groups -OCH3 is 1. The third kappa shape index (κ3) is 1.98. The number of ether oxygens (including phenoxy) is 1. The summed E-state index contributed by atoms with van der Waals surface area (Å²) in [6, 6.07) is 7.45. The first-order valence-electron chi connectivity index (χ1n) is 4.52. The third-order valence-electron chi connectivity index (χ3n) is 2.01. The van der Waals surface area contributed by atoms with Crippen LogP contribution in [0.25, 0.3) is 11.3 Å². The molecule has 0 saturated heterocycles. The molecule has 0 bridgehead atoms. The Morgan fingerprint density at radius 2 is 2.13 bits per heavy atom. The Labute approximate surface area is 89.6 Å². The van der Waals surface area contributed by atoms with Crippen LogP contribution in [0, 0.1) is 0 Å². The van der Waals surface area contributed by atoms with E-state index in [9.17, 15) is 0 Å². The summed E-state index contributed by atoms with van der Waals surface area (Å²) < 4.78 is 5.15. The first-order valence-corrected chi connectivity index (χ1v) is 4.52. The van der Waals surface area contributed by atoms with Crippen LogP contribution in [0.5, 0.6) is 5.88 Å². The summed E-state index contributed by atoms with van der Waals surface area (Å²) in [4.78, 5) is 8.31. The molecule has 15 heavy (non-hydrogen) atoms. The minimum absolute atomic E-state index is 0.530. The van der Waals surface area contributed by atoms with Crippen LogP contribution in [0.15, 0.2) is 36.7 Å². The van der Waals surface area contributed by atoms with Gasteiger partial charge in [0.2, 0.25) is 5.88 Å².